The van der Waals surface area contributed by atoms with E-state index in [1.807, 2.05) is 6.07 Å². The largest absolute Gasteiger partial charge is 0.304 e. The monoisotopic (exact) mass is 270 g/mol. The molecule has 1 saturated heterocycles. The summed E-state index contributed by atoms with van der Waals surface area (Å²) in [6.45, 7) is 5.65. The Bertz CT molecular complexity index is 369. The summed E-state index contributed by atoms with van der Waals surface area (Å²) in [7, 11) is 2.16. The second-order valence-corrected chi connectivity index (χ2v) is 5.46. The molecule has 1 aromatic carbocycles. The Balaban J connectivity index is 1.74. The van der Waals surface area contributed by atoms with Gasteiger partial charge in [0, 0.05) is 31.2 Å². The maximum atomic E-state index is 13.2. The Hall–Kier alpha value is -0.640. The second kappa shape index (κ2) is 6.50. The van der Waals surface area contributed by atoms with Crippen molar-refractivity contribution in [1.29, 1.82) is 0 Å². The number of hydrogen-bond acceptors (Lipinski definition) is 2. The van der Waals surface area contributed by atoms with Crippen LogP contribution in [0.2, 0.25) is 5.02 Å². The van der Waals surface area contributed by atoms with Gasteiger partial charge >= 0.3 is 0 Å². The maximum Gasteiger partial charge on any atom is 0.124 e. The van der Waals surface area contributed by atoms with E-state index < -0.39 is 0 Å². The molecule has 100 valence electrons. The van der Waals surface area contributed by atoms with E-state index in [0.717, 1.165) is 51.1 Å². The SMILES string of the molecule is CN1CCN(CCCc2cc(F)cc(Cl)c2)CC1. The van der Waals surface area contributed by atoms with Crippen LogP contribution < -0.4 is 0 Å². The van der Waals surface area contributed by atoms with Gasteiger partial charge in [-0.3, -0.25) is 0 Å². The van der Waals surface area contributed by atoms with Gasteiger partial charge in [0.05, 0.1) is 0 Å². The predicted molar refractivity (Wildman–Crippen MR) is 73.7 cm³/mol. The van der Waals surface area contributed by atoms with E-state index >= 15 is 0 Å². The van der Waals surface area contributed by atoms with Gasteiger partial charge in [-0.05, 0) is 50.2 Å². The highest BCUT2D eigenvalue weighted by molar-refractivity contribution is 6.30. The molecule has 0 atom stereocenters. The quantitative estimate of drug-likeness (QED) is 0.830. The standard InChI is InChI=1S/C14H20ClFN2/c1-17-5-7-18(8-6-17)4-2-3-12-9-13(15)11-14(16)10-12/h9-11H,2-8H2,1H3. The molecular weight excluding hydrogens is 251 g/mol. The Labute approximate surface area is 113 Å². The molecule has 0 bridgehead atoms. The number of halogens is 2. The van der Waals surface area contributed by atoms with Gasteiger partial charge in [-0.1, -0.05) is 11.6 Å². The van der Waals surface area contributed by atoms with Crippen molar-refractivity contribution >= 4 is 11.6 Å². The van der Waals surface area contributed by atoms with E-state index in [4.69, 9.17) is 11.6 Å². The molecule has 0 aromatic heterocycles. The lowest BCUT2D eigenvalue weighted by molar-refractivity contribution is 0.153. The minimum atomic E-state index is -0.239. The average molecular weight is 271 g/mol. The third-order valence-corrected chi connectivity index (χ3v) is 3.68. The molecule has 0 saturated carbocycles. The Morgan fingerprint density at radius 2 is 1.89 bits per heavy atom. The number of aryl methyl sites for hydroxylation is 1. The van der Waals surface area contributed by atoms with Crippen LogP contribution in [0.5, 0.6) is 0 Å². The minimum absolute atomic E-state index is 0.239. The highest BCUT2D eigenvalue weighted by atomic mass is 35.5. The summed E-state index contributed by atoms with van der Waals surface area (Å²) in [4.78, 5) is 4.82. The fourth-order valence-electron chi connectivity index (χ4n) is 2.33. The Morgan fingerprint density at radius 1 is 1.17 bits per heavy atom. The van der Waals surface area contributed by atoms with Crippen LogP contribution in [0.3, 0.4) is 0 Å². The summed E-state index contributed by atoms with van der Waals surface area (Å²) in [5, 5.41) is 0.490. The van der Waals surface area contributed by atoms with E-state index in [1.165, 1.54) is 6.07 Å². The molecule has 2 nitrogen and oxygen atoms in total. The van der Waals surface area contributed by atoms with Gasteiger partial charge in [0.25, 0.3) is 0 Å². The number of piperazine rings is 1. The summed E-state index contributed by atoms with van der Waals surface area (Å²) >= 11 is 5.84. The van der Waals surface area contributed by atoms with Gasteiger partial charge < -0.3 is 9.80 Å². The van der Waals surface area contributed by atoms with Crippen molar-refractivity contribution in [3.05, 3.63) is 34.6 Å². The fourth-order valence-corrected chi connectivity index (χ4v) is 2.58. The zero-order valence-corrected chi connectivity index (χ0v) is 11.6. The van der Waals surface area contributed by atoms with Crippen molar-refractivity contribution in [1.82, 2.24) is 9.80 Å². The molecule has 0 unspecified atom stereocenters. The summed E-state index contributed by atoms with van der Waals surface area (Å²) in [6.07, 6.45) is 1.95. The van der Waals surface area contributed by atoms with E-state index in [-0.39, 0.29) is 5.82 Å². The van der Waals surface area contributed by atoms with Crippen molar-refractivity contribution in [3.8, 4) is 0 Å². The summed E-state index contributed by atoms with van der Waals surface area (Å²) in [5.74, 6) is -0.239. The lowest BCUT2D eigenvalue weighted by Crippen LogP contribution is -2.44. The van der Waals surface area contributed by atoms with E-state index in [9.17, 15) is 4.39 Å². The topological polar surface area (TPSA) is 6.48 Å². The van der Waals surface area contributed by atoms with Crippen LogP contribution in [-0.4, -0.2) is 49.6 Å². The van der Waals surface area contributed by atoms with Crippen molar-refractivity contribution in [2.24, 2.45) is 0 Å². The summed E-state index contributed by atoms with van der Waals surface area (Å²) in [5.41, 5.74) is 0.995. The van der Waals surface area contributed by atoms with Crippen LogP contribution >= 0.6 is 11.6 Å². The smallest absolute Gasteiger partial charge is 0.124 e. The molecule has 1 aromatic rings. The lowest BCUT2D eigenvalue weighted by Gasteiger charge is -2.32. The number of likely N-dealkylation sites (N-methyl/N-ethyl adjacent to an activating group) is 1. The van der Waals surface area contributed by atoms with E-state index in [2.05, 4.69) is 16.8 Å². The highest BCUT2D eigenvalue weighted by Gasteiger charge is 2.12. The van der Waals surface area contributed by atoms with E-state index in [0.29, 0.717) is 5.02 Å². The van der Waals surface area contributed by atoms with Crippen molar-refractivity contribution in [3.63, 3.8) is 0 Å². The Morgan fingerprint density at radius 3 is 2.56 bits per heavy atom. The molecule has 1 aliphatic rings. The number of hydrogen-bond donors (Lipinski definition) is 0. The first kappa shape index (κ1) is 13.8. The molecule has 0 radical (unpaired) electrons. The van der Waals surface area contributed by atoms with Crippen LogP contribution in [-0.2, 0) is 6.42 Å². The fraction of sp³-hybridized carbons (Fsp3) is 0.571. The summed E-state index contributed by atoms with van der Waals surface area (Å²) < 4.78 is 13.2. The molecular formula is C14H20ClFN2. The molecule has 4 heteroatoms. The van der Waals surface area contributed by atoms with Gasteiger partial charge in [0.15, 0.2) is 0 Å². The van der Waals surface area contributed by atoms with Crippen LogP contribution in [0, 0.1) is 5.82 Å². The van der Waals surface area contributed by atoms with E-state index in [1.54, 1.807) is 6.07 Å². The number of rotatable bonds is 4. The molecule has 0 N–H and O–H groups in total. The third-order valence-electron chi connectivity index (χ3n) is 3.46. The summed E-state index contributed by atoms with van der Waals surface area (Å²) in [6, 6.07) is 4.79. The van der Waals surface area contributed by atoms with Crippen LogP contribution in [0.25, 0.3) is 0 Å². The molecule has 1 fully saturated rings. The van der Waals surface area contributed by atoms with Crippen molar-refractivity contribution < 1.29 is 4.39 Å². The molecule has 1 aliphatic heterocycles. The minimum Gasteiger partial charge on any atom is -0.304 e. The molecule has 18 heavy (non-hydrogen) atoms. The van der Waals surface area contributed by atoms with Crippen molar-refractivity contribution in [2.75, 3.05) is 39.8 Å². The zero-order valence-electron chi connectivity index (χ0n) is 10.8. The van der Waals surface area contributed by atoms with Gasteiger partial charge in [-0.25, -0.2) is 4.39 Å². The first-order valence-corrected chi connectivity index (χ1v) is 6.87. The van der Waals surface area contributed by atoms with Crippen LogP contribution in [0.15, 0.2) is 18.2 Å². The molecule has 0 spiro atoms. The molecule has 2 rings (SSSR count). The average Bonchev–Trinajstić information content (AvgIpc) is 2.30. The first-order chi connectivity index (χ1) is 8.63. The number of benzene rings is 1. The predicted octanol–water partition coefficient (Wildman–Crippen LogP) is 2.66. The van der Waals surface area contributed by atoms with Gasteiger partial charge in [0.1, 0.15) is 5.82 Å². The normalized spacial score (nSPS) is 18.2. The van der Waals surface area contributed by atoms with Crippen LogP contribution in [0.1, 0.15) is 12.0 Å². The van der Waals surface area contributed by atoms with Gasteiger partial charge in [-0.15, -0.1) is 0 Å². The highest BCUT2D eigenvalue weighted by Crippen LogP contribution is 2.15. The Kier molecular flexibility index (Phi) is 4.98. The molecule has 0 aliphatic carbocycles. The molecule has 0 amide bonds. The van der Waals surface area contributed by atoms with Gasteiger partial charge in [-0.2, -0.15) is 0 Å². The lowest BCUT2D eigenvalue weighted by atomic mass is 10.1. The second-order valence-electron chi connectivity index (χ2n) is 5.03. The first-order valence-electron chi connectivity index (χ1n) is 6.49. The van der Waals surface area contributed by atoms with Crippen molar-refractivity contribution in [2.45, 2.75) is 12.8 Å². The van der Waals surface area contributed by atoms with Gasteiger partial charge in [0.2, 0.25) is 0 Å². The third kappa shape index (κ3) is 4.23. The maximum absolute atomic E-state index is 13.2. The number of nitrogens with zero attached hydrogens (tertiary/aromatic N) is 2. The molecule has 1 heterocycles. The van der Waals surface area contributed by atoms with Crippen LogP contribution in [0.4, 0.5) is 4.39 Å². The zero-order chi connectivity index (χ0) is 13.0.